The molecule has 0 aliphatic rings. The Morgan fingerprint density at radius 3 is 2.17 bits per heavy atom. The SMILES string of the molecule is CCOP(=O)(COC(=O)CCCC(C)C)OCC. The van der Waals surface area contributed by atoms with Gasteiger partial charge in [-0.3, -0.25) is 9.36 Å². The van der Waals surface area contributed by atoms with E-state index < -0.39 is 7.60 Å². The molecule has 0 amide bonds. The minimum atomic E-state index is -3.27. The highest BCUT2D eigenvalue weighted by Gasteiger charge is 2.25. The minimum Gasteiger partial charge on any atom is -0.453 e. The second-order valence-electron chi connectivity index (χ2n) is 4.38. The van der Waals surface area contributed by atoms with E-state index in [1.54, 1.807) is 13.8 Å². The van der Waals surface area contributed by atoms with Crippen molar-refractivity contribution in [2.45, 2.75) is 47.0 Å². The summed E-state index contributed by atoms with van der Waals surface area (Å²) < 4.78 is 27.0. The van der Waals surface area contributed by atoms with Crippen LogP contribution in [0.3, 0.4) is 0 Å². The Kier molecular flexibility index (Phi) is 9.34. The lowest BCUT2D eigenvalue weighted by molar-refractivity contribution is -0.142. The first-order chi connectivity index (χ1) is 8.43. The number of esters is 1. The highest BCUT2D eigenvalue weighted by atomic mass is 31.2. The predicted octanol–water partition coefficient (Wildman–Crippen LogP) is 3.58. The van der Waals surface area contributed by atoms with Crippen LogP contribution in [0.15, 0.2) is 0 Å². The molecule has 0 spiro atoms. The summed E-state index contributed by atoms with van der Waals surface area (Å²) in [7, 11) is -3.27. The van der Waals surface area contributed by atoms with Crippen LogP contribution in [0.25, 0.3) is 0 Å². The maximum absolute atomic E-state index is 12.0. The molecule has 0 aromatic rings. The van der Waals surface area contributed by atoms with Gasteiger partial charge < -0.3 is 13.8 Å². The highest BCUT2D eigenvalue weighted by molar-refractivity contribution is 7.53. The van der Waals surface area contributed by atoms with Crippen LogP contribution in [0.5, 0.6) is 0 Å². The third-order valence-corrected chi connectivity index (χ3v) is 3.95. The quantitative estimate of drug-likeness (QED) is 0.452. The summed E-state index contributed by atoms with van der Waals surface area (Å²) in [6, 6.07) is 0. The van der Waals surface area contributed by atoms with Gasteiger partial charge in [-0.05, 0) is 26.2 Å². The van der Waals surface area contributed by atoms with Crippen LogP contribution in [0, 0.1) is 5.92 Å². The van der Waals surface area contributed by atoms with Gasteiger partial charge >= 0.3 is 13.6 Å². The smallest absolute Gasteiger partial charge is 0.367 e. The number of carbonyl (C=O) groups excluding carboxylic acids is 1. The number of carbonyl (C=O) groups is 1. The molecule has 0 saturated carbocycles. The van der Waals surface area contributed by atoms with Gasteiger partial charge in [0.25, 0.3) is 0 Å². The molecule has 0 heterocycles. The Labute approximate surface area is 110 Å². The Bertz CT molecular complexity index is 268. The van der Waals surface area contributed by atoms with Crippen molar-refractivity contribution in [3.63, 3.8) is 0 Å². The molecule has 0 rings (SSSR count). The van der Waals surface area contributed by atoms with Crippen molar-refractivity contribution in [3.05, 3.63) is 0 Å². The van der Waals surface area contributed by atoms with Crippen molar-refractivity contribution in [2.24, 2.45) is 5.92 Å². The van der Waals surface area contributed by atoms with Crippen molar-refractivity contribution in [1.82, 2.24) is 0 Å². The van der Waals surface area contributed by atoms with Crippen LogP contribution in [0.1, 0.15) is 47.0 Å². The molecule has 0 radical (unpaired) electrons. The van der Waals surface area contributed by atoms with Crippen LogP contribution in [-0.2, 0) is 23.1 Å². The van der Waals surface area contributed by atoms with Crippen molar-refractivity contribution in [3.8, 4) is 0 Å². The van der Waals surface area contributed by atoms with E-state index in [1.807, 2.05) is 0 Å². The molecule has 0 aromatic heterocycles. The maximum Gasteiger partial charge on any atom is 0.367 e. The first-order valence-corrected chi connectivity index (χ1v) is 8.20. The minimum absolute atomic E-state index is 0.266. The molecule has 0 aliphatic carbocycles. The first-order valence-electron chi connectivity index (χ1n) is 6.47. The lowest BCUT2D eigenvalue weighted by Crippen LogP contribution is -2.09. The summed E-state index contributed by atoms with van der Waals surface area (Å²) in [4.78, 5) is 11.4. The Balaban J connectivity index is 3.96. The third-order valence-electron chi connectivity index (χ3n) is 2.20. The molecule has 0 N–H and O–H groups in total. The second-order valence-corrected chi connectivity index (χ2v) is 6.37. The number of rotatable bonds is 10. The van der Waals surface area contributed by atoms with Gasteiger partial charge in [0.1, 0.15) is 0 Å². The molecule has 0 bridgehead atoms. The van der Waals surface area contributed by atoms with Crippen LogP contribution in [0.4, 0.5) is 0 Å². The summed E-state index contributed by atoms with van der Waals surface area (Å²) in [5.74, 6) is 0.214. The van der Waals surface area contributed by atoms with Crippen molar-refractivity contribution in [1.29, 1.82) is 0 Å². The molecule has 0 aromatic carbocycles. The van der Waals surface area contributed by atoms with E-state index in [4.69, 9.17) is 13.8 Å². The third kappa shape index (κ3) is 8.67. The topological polar surface area (TPSA) is 61.8 Å². The predicted molar refractivity (Wildman–Crippen MR) is 70.5 cm³/mol. The van der Waals surface area contributed by atoms with Crippen molar-refractivity contribution < 1.29 is 23.1 Å². The lowest BCUT2D eigenvalue weighted by atomic mass is 10.1. The van der Waals surface area contributed by atoms with Gasteiger partial charge in [-0.15, -0.1) is 0 Å². The molecule has 5 nitrogen and oxygen atoms in total. The second kappa shape index (κ2) is 9.54. The van der Waals surface area contributed by atoms with E-state index >= 15 is 0 Å². The summed E-state index contributed by atoms with van der Waals surface area (Å²) in [5, 5.41) is 0. The molecular weight excluding hydrogens is 255 g/mol. The molecule has 6 heteroatoms. The first kappa shape index (κ1) is 17.6. The van der Waals surface area contributed by atoms with Crippen LogP contribution < -0.4 is 0 Å². The van der Waals surface area contributed by atoms with E-state index in [0.717, 1.165) is 12.8 Å². The molecule has 108 valence electrons. The highest BCUT2D eigenvalue weighted by Crippen LogP contribution is 2.47. The van der Waals surface area contributed by atoms with E-state index in [1.165, 1.54) is 0 Å². The molecule has 0 aliphatic heterocycles. The average molecular weight is 280 g/mol. The number of hydrogen-bond donors (Lipinski definition) is 0. The molecule has 0 unspecified atom stereocenters. The monoisotopic (exact) mass is 280 g/mol. The fourth-order valence-corrected chi connectivity index (χ4v) is 2.70. The van der Waals surface area contributed by atoms with E-state index in [9.17, 15) is 9.36 Å². The van der Waals surface area contributed by atoms with Gasteiger partial charge in [0.2, 0.25) is 0 Å². The summed E-state index contributed by atoms with van der Waals surface area (Å²) >= 11 is 0. The molecule has 0 fully saturated rings. The van der Waals surface area contributed by atoms with Gasteiger partial charge in [-0.25, -0.2) is 0 Å². The standard InChI is InChI=1S/C12H25O5P/c1-5-16-18(14,17-6-2)10-15-12(13)9-7-8-11(3)4/h11H,5-10H2,1-4H3. The fraction of sp³-hybridized carbons (Fsp3) is 0.917. The van der Waals surface area contributed by atoms with Gasteiger partial charge in [0.05, 0.1) is 13.2 Å². The average Bonchev–Trinajstić information content (AvgIpc) is 2.27. The molecule has 18 heavy (non-hydrogen) atoms. The van der Waals surface area contributed by atoms with Crippen molar-refractivity contribution in [2.75, 3.05) is 19.6 Å². The van der Waals surface area contributed by atoms with Gasteiger partial charge in [-0.1, -0.05) is 20.3 Å². The Morgan fingerprint density at radius 2 is 1.72 bits per heavy atom. The number of hydrogen-bond acceptors (Lipinski definition) is 5. The zero-order valence-corrected chi connectivity index (χ0v) is 12.7. The van der Waals surface area contributed by atoms with Gasteiger partial charge in [0.15, 0.2) is 6.35 Å². The summed E-state index contributed by atoms with van der Waals surface area (Å²) in [6.07, 6.45) is 1.80. The summed E-state index contributed by atoms with van der Waals surface area (Å²) in [5.41, 5.74) is 0. The van der Waals surface area contributed by atoms with Gasteiger partial charge in [0, 0.05) is 6.42 Å². The zero-order valence-electron chi connectivity index (χ0n) is 11.8. The lowest BCUT2D eigenvalue weighted by Gasteiger charge is -2.16. The van der Waals surface area contributed by atoms with Crippen LogP contribution in [-0.4, -0.2) is 25.5 Å². The Morgan fingerprint density at radius 1 is 1.17 bits per heavy atom. The largest absolute Gasteiger partial charge is 0.453 e. The van der Waals surface area contributed by atoms with E-state index in [0.29, 0.717) is 12.3 Å². The van der Waals surface area contributed by atoms with E-state index in [-0.39, 0.29) is 25.5 Å². The van der Waals surface area contributed by atoms with Gasteiger partial charge in [-0.2, -0.15) is 0 Å². The molecular formula is C12H25O5P. The van der Waals surface area contributed by atoms with Crippen molar-refractivity contribution >= 4 is 13.6 Å². The van der Waals surface area contributed by atoms with Crippen LogP contribution >= 0.6 is 7.60 Å². The van der Waals surface area contributed by atoms with E-state index in [2.05, 4.69) is 13.8 Å². The fourth-order valence-electron chi connectivity index (χ4n) is 1.38. The zero-order chi connectivity index (χ0) is 14.0. The van der Waals surface area contributed by atoms with Crippen LogP contribution in [0.2, 0.25) is 0 Å². The summed E-state index contributed by atoms with van der Waals surface area (Å²) in [6.45, 7) is 8.17. The molecule has 0 atom stereocenters. The molecule has 0 saturated heterocycles. The Hall–Kier alpha value is -0.380. The maximum atomic E-state index is 12.0. The number of ether oxygens (including phenoxy) is 1. The normalized spacial score (nSPS) is 11.8.